The molecule has 0 amide bonds. The van der Waals surface area contributed by atoms with Gasteiger partial charge in [-0.15, -0.1) is 18.4 Å². The number of rotatable bonds is 6. The highest BCUT2D eigenvalue weighted by Crippen LogP contribution is 2.29. The minimum atomic E-state index is 0.866. The molecule has 0 N–H and O–H groups in total. The van der Waals surface area contributed by atoms with Crippen LogP contribution in [0.25, 0.3) is 27.7 Å². The van der Waals surface area contributed by atoms with E-state index in [1.807, 2.05) is 12.3 Å². The van der Waals surface area contributed by atoms with Gasteiger partial charge in [-0.1, -0.05) is 68.1 Å². The maximum absolute atomic E-state index is 4.62. The van der Waals surface area contributed by atoms with Crippen LogP contribution in [0.15, 0.2) is 96.2 Å². The molecular formula is C31H31N3S. The van der Waals surface area contributed by atoms with Crippen LogP contribution in [-0.4, -0.2) is 34.5 Å². The zero-order chi connectivity index (χ0) is 24.2. The highest BCUT2D eigenvalue weighted by atomic mass is 32.1. The van der Waals surface area contributed by atoms with Gasteiger partial charge in [-0.2, -0.15) is 0 Å². The molecule has 1 fully saturated rings. The van der Waals surface area contributed by atoms with Crippen molar-refractivity contribution in [1.29, 1.82) is 0 Å². The van der Waals surface area contributed by atoms with Gasteiger partial charge in [0, 0.05) is 47.2 Å². The second kappa shape index (κ2) is 10.5. The van der Waals surface area contributed by atoms with Crippen molar-refractivity contribution in [2.75, 3.05) is 19.8 Å². The number of hydrogen-bond donors (Lipinski definition) is 1. The predicted molar refractivity (Wildman–Crippen MR) is 149 cm³/mol. The van der Waals surface area contributed by atoms with Gasteiger partial charge in [0.05, 0.1) is 17.9 Å². The van der Waals surface area contributed by atoms with Gasteiger partial charge in [0.25, 0.3) is 0 Å². The third kappa shape index (κ3) is 5.21. The second-order valence-electron chi connectivity index (χ2n) is 9.16. The van der Waals surface area contributed by atoms with Crippen molar-refractivity contribution < 1.29 is 0 Å². The third-order valence-corrected chi connectivity index (χ3v) is 6.97. The van der Waals surface area contributed by atoms with Crippen LogP contribution < -0.4 is 0 Å². The minimum absolute atomic E-state index is 0.866. The molecule has 4 aromatic rings. The summed E-state index contributed by atoms with van der Waals surface area (Å²) in [4.78, 5) is 10.6. The molecule has 1 aromatic heterocycles. The Kier molecular flexibility index (Phi) is 7.06. The normalized spacial score (nSPS) is 14.2. The van der Waals surface area contributed by atoms with Crippen molar-refractivity contribution in [3.05, 3.63) is 108 Å². The van der Waals surface area contributed by atoms with Gasteiger partial charge in [0.15, 0.2) is 0 Å². The summed E-state index contributed by atoms with van der Waals surface area (Å²) in [6.07, 6.45) is 4.00. The lowest BCUT2D eigenvalue weighted by atomic mass is 10.00. The van der Waals surface area contributed by atoms with Crippen LogP contribution in [0.4, 0.5) is 0 Å². The van der Waals surface area contributed by atoms with E-state index in [0.717, 1.165) is 71.8 Å². The molecule has 0 radical (unpaired) electrons. The largest absolute Gasteiger partial charge is 0.352 e. The number of aryl methyl sites for hydroxylation is 1. The van der Waals surface area contributed by atoms with Gasteiger partial charge < -0.3 is 4.90 Å². The molecule has 0 bridgehead atoms. The van der Waals surface area contributed by atoms with Crippen molar-refractivity contribution in [3.8, 4) is 11.1 Å². The quantitative estimate of drug-likeness (QED) is 0.237. The van der Waals surface area contributed by atoms with E-state index in [4.69, 9.17) is 0 Å². The van der Waals surface area contributed by atoms with Gasteiger partial charge in [0.1, 0.15) is 0 Å². The highest BCUT2D eigenvalue weighted by Gasteiger charge is 2.21. The molecule has 0 saturated carbocycles. The SMILES string of the molecule is C=C=C(c1ccc(-c2cccc3cccnc23)cc1)N1CCCN(Cc2cc(S)cc(CC)c2)C1. The molecule has 1 aliphatic heterocycles. The molecule has 176 valence electrons. The van der Waals surface area contributed by atoms with E-state index in [1.54, 1.807) is 0 Å². The number of thiol groups is 1. The Morgan fingerprint density at radius 3 is 2.60 bits per heavy atom. The summed E-state index contributed by atoms with van der Waals surface area (Å²) >= 11 is 4.61. The molecule has 35 heavy (non-hydrogen) atoms. The number of fused-ring (bicyclic) bond motifs is 1. The van der Waals surface area contributed by atoms with Crippen LogP contribution >= 0.6 is 12.6 Å². The smallest absolute Gasteiger partial charge is 0.0877 e. The van der Waals surface area contributed by atoms with Crippen molar-refractivity contribution in [2.45, 2.75) is 31.2 Å². The maximum Gasteiger partial charge on any atom is 0.0877 e. The lowest BCUT2D eigenvalue weighted by Crippen LogP contribution is -2.43. The molecule has 4 heteroatoms. The zero-order valence-corrected chi connectivity index (χ0v) is 21.1. The first-order valence-electron chi connectivity index (χ1n) is 12.3. The number of hydrogen-bond acceptors (Lipinski definition) is 4. The Bertz CT molecular complexity index is 1380. The topological polar surface area (TPSA) is 19.4 Å². The Hall–Kier alpha value is -3.30. The molecule has 2 heterocycles. The number of pyridine rings is 1. The van der Waals surface area contributed by atoms with Crippen LogP contribution in [0.2, 0.25) is 0 Å². The average molecular weight is 478 g/mol. The molecule has 3 nitrogen and oxygen atoms in total. The summed E-state index contributed by atoms with van der Waals surface area (Å²) in [5.41, 5.74) is 11.5. The first kappa shape index (κ1) is 23.4. The molecule has 3 aromatic carbocycles. The molecule has 1 aliphatic rings. The molecule has 1 saturated heterocycles. The van der Waals surface area contributed by atoms with Crippen molar-refractivity contribution in [1.82, 2.24) is 14.8 Å². The number of aromatic nitrogens is 1. The zero-order valence-electron chi connectivity index (χ0n) is 20.2. The Morgan fingerprint density at radius 1 is 1.00 bits per heavy atom. The fourth-order valence-corrected chi connectivity index (χ4v) is 5.35. The third-order valence-electron chi connectivity index (χ3n) is 6.71. The number of para-hydroxylation sites is 1. The minimum Gasteiger partial charge on any atom is -0.352 e. The van der Waals surface area contributed by atoms with E-state index in [0.29, 0.717) is 0 Å². The molecule has 0 aliphatic carbocycles. The Balaban J connectivity index is 1.34. The van der Waals surface area contributed by atoms with Gasteiger partial charge >= 0.3 is 0 Å². The van der Waals surface area contributed by atoms with Crippen LogP contribution in [-0.2, 0) is 13.0 Å². The van der Waals surface area contributed by atoms with E-state index in [-0.39, 0.29) is 0 Å². The van der Waals surface area contributed by atoms with Gasteiger partial charge in [-0.3, -0.25) is 9.88 Å². The summed E-state index contributed by atoms with van der Waals surface area (Å²) in [6.45, 7) is 10.1. The first-order valence-corrected chi connectivity index (χ1v) is 12.7. The average Bonchev–Trinajstić information content (AvgIpc) is 2.89. The fraction of sp³-hybridized carbons (Fsp3) is 0.226. The summed E-state index contributed by atoms with van der Waals surface area (Å²) < 4.78 is 0. The molecule has 0 atom stereocenters. The van der Waals surface area contributed by atoms with E-state index in [2.05, 4.69) is 113 Å². The first-order chi connectivity index (χ1) is 17.1. The molecule has 0 unspecified atom stereocenters. The Labute approximate surface area is 213 Å². The highest BCUT2D eigenvalue weighted by molar-refractivity contribution is 7.80. The lowest BCUT2D eigenvalue weighted by Gasteiger charge is -2.37. The second-order valence-corrected chi connectivity index (χ2v) is 9.67. The predicted octanol–water partition coefficient (Wildman–Crippen LogP) is 7.04. The fourth-order valence-electron chi connectivity index (χ4n) is 5.02. The van der Waals surface area contributed by atoms with Crippen LogP contribution in [0.1, 0.15) is 30.0 Å². The monoisotopic (exact) mass is 477 g/mol. The lowest BCUT2D eigenvalue weighted by molar-refractivity contribution is 0.125. The summed E-state index contributed by atoms with van der Waals surface area (Å²) in [7, 11) is 0. The van der Waals surface area contributed by atoms with E-state index in [9.17, 15) is 0 Å². The van der Waals surface area contributed by atoms with E-state index >= 15 is 0 Å². The molecule has 5 rings (SSSR count). The standard InChI is InChI=1S/C31H31N3S/c1-3-23-18-24(20-28(35)19-23)21-33-16-7-17-34(22-33)30(4-2)26-13-11-25(12-14-26)29-10-5-8-27-9-6-15-32-31(27)29/h5-6,8-15,18-20,35H,2-3,7,16-17,21-22H2,1H3. The molecule has 0 spiro atoms. The Morgan fingerprint density at radius 2 is 1.80 bits per heavy atom. The van der Waals surface area contributed by atoms with Gasteiger partial charge in [-0.25, -0.2) is 0 Å². The van der Waals surface area contributed by atoms with Crippen molar-refractivity contribution >= 4 is 29.2 Å². The van der Waals surface area contributed by atoms with Crippen molar-refractivity contribution in [2.24, 2.45) is 0 Å². The van der Waals surface area contributed by atoms with Crippen LogP contribution in [0, 0.1) is 0 Å². The van der Waals surface area contributed by atoms with Gasteiger partial charge in [-0.05, 0) is 47.7 Å². The van der Waals surface area contributed by atoms with Crippen molar-refractivity contribution in [3.63, 3.8) is 0 Å². The number of benzene rings is 3. The number of nitrogens with zero attached hydrogens (tertiary/aromatic N) is 3. The summed E-state index contributed by atoms with van der Waals surface area (Å²) in [5.74, 6) is 0. The maximum atomic E-state index is 4.62. The summed E-state index contributed by atoms with van der Waals surface area (Å²) in [5, 5.41) is 1.16. The summed E-state index contributed by atoms with van der Waals surface area (Å²) in [6, 6.07) is 25.8. The van der Waals surface area contributed by atoms with Crippen LogP contribution in [0.5, 0.6) is 0 Å². The van der Waals surface area contributed by atoms with Gasteiger partial charge in [0.2, 0.25) is 0 Å². The van der Waals surface area contributed by atoms with Crippen LogP contribution in [0.3, 0.4) is 0 Å². The molecular weight excluding hydrogens is 446 g/mol. The van der Waals surface area contributed by atoms with E-state index in [1.165, 1.54) is 16.7 Å². The van der Waals surface area contributed by atoms with E-state index < -0.39 is 0 Å².